The summed E-state index contributed by atoms with van der Waals surface area (Å²) in [5.41, 5.74) is 0.955. The van der Waals surface area contributed by atoms with Gasteiger partial charge in [0.2, 0.25) is 0 Å². The fraction of sp³-hybridized carbons (Fsp3) is 0.0870. The average molecular weight is 421 g/mol. The van der Waals surface area contributed by atoms with E-state index in [0.717, 1.165) is 0 Å². The van der Waals surface area contributed by atoms with Gasteiger partial charge in [-0.1, -0.05) is 42.5 Å². The molecular formula is C23H11N5O4. The summed E-state index contributed by atoms with van der Waals surface area (Å²) in [6, 6.07) is 17.0. The van der Waals surface area contributed by atoms with Crippen molar-refractivity contribution in [2.24, 2.45) is 0 Å². The van der Waals surface area contributed by atoms with Gasteiger partial charge in [0, 0.05) is 33.9 Å². The molecule has 3 aromatic carbocycles. The molecule has 0 bridgehead atoms. The van der Waals surface area contributed by atoms with E-state index < -0.39 is 16.8 Å². The molecule has 152 valence electrons. The second kappa shape index (κ2) is 7.11. The largest absolute Gasteiger partial charge is 0.425 e. The van der Waals surface area contributed by atoms with Crippen molar-refractivity contribution in [1.29, 1.82) is 10.5 Å². The summed E-state index contributed by atoms with van der Waals surface area (Å²) in [4.78, 5) is 32.5. The number of esters is 1. The van der Waals surface area contributed by atoms with E-state index in [2.05, 4.69) is 9.97 Å². The monoisotopic (exact) mass is 421 g/mol. The van der Waals surface area contributed by atoms with Gasteiger partial charge in [0.1, 0.15) is 17.9 Å². The van der Waals surface area contributed by atoms with Crippen molar-refractivity contribution >= 4 is 33.5 Å². The summed E-state index contributed by atoms with van der Waals surface area (Å²) in [5, 5.41) is 31.8. The first-order chi connectivity index (χ1) is 15.5. The summed E-state index contributed by atoms with van der Waals surface area (Å²) in [6.07, 6.45) is -0.144. The van der Waals surface area contributed by atoms with Crippen LogP contribution in [0.15, 0.2) is 48.5 Å². The Bertz CT molecular complexity index is 1570. The molecule has 1 atom stereocenters. The van der Waals surface area contributed by atoms with Crippen LogP contribution in [0, 0.1) is 32.8 Å². The smallest absolute Gasteiger partial charge is 0.312 e. The van der Waals surface area contributed by atoms with Crippen LogP contribution >= 0.6 is 0 Å². The Morgan fingerprint density at radius 2 is 1.59 bits per heavy atom. The number of aromatic nitrogens is 2. The molecule has 2 heterocycles. The zero-order chi connectivity index (χ0) is 22.4. The minimum atomic E-state index is -0.742. The normalized spacial score (nSPS) is 14.9. The van der Waals surface area contributed by atoms with Crippen molar-refractivity contribution < 1.29 is 14.5 Å². The fourth-order valence-corrected chi connectivity index (χ4v) is 4.18. The van der Waals surface area contributed by atoms with Crippen molar-refractivity contribution in [1.82, 2.24) is 9.97 Å². The van der Waals surface area contributed by atoms with E-state index in [1.54, 1.807) is 42.5 Å². The molecule has 1 unspecified atom stereocenters. The molecule has 4 aromatic rings. The molecule has 1 aliphatic rings. The molecular weight excluding hydrogens is 410 g/mol. The topological polar surface area (TPSA) is 143 Å². The molecule has 9 heteroatoms. The number of rotatable bonds is 2. The first-order valence-corrected chi connectivity index (χ1v) is 9.54. The predicted molar refractivity (Wildman–Crippen MR) is 112 cm³/mol. The number of hydrogen-bond donors (Lipinski definition) is 0. The molecule has 0 spiro atoms. The zero-order valence-corrected chi connectivity index (χ0v) is 16.3. The molecule has 32 heavy (non-hydrogen) atoms. The zero-order valence-electron chi connectivity index (χ0n) is 16.3. The molecule has 0 N–H and O–H groups in total. The molecule has 1 aliphatic heterocycles. The molecule has 0 fully saturated rings. The number of fused-ring (bicyclic) bond motifs is 6. The highest BCUT2D eigenvalue weighted by Gasteiger charge is 2.36. The van der Waals surface area contributed by atoms with Crippen LogP contribution in [0.25, 0.3) is 21.8 Å². The molecule has 0 saturated carbocycles. The Morgan fingerprint density at radius 1 is 0.969 bits per heavy atom. The lowest BCUT2D eigenvalue weighted by molar-refractivity contribution is -0.385. The minimum Gasteiger partial charge on any atom is -0.425 e. The Balaban J connectivity index is 1.97. The lowest BCUT2D eigenvalue weighted by atomic mass is 9.83. The van der Waals surface area contributed by atoms with Crippen molar-refractivity contribution in [3.63, 3.8) is 0 Å². The number of ether oxygens (including phenoxy) is 1. The van der Waals surface area contributed by atoms with Gasteiger partial charge in [0.15, 0.2) is 11.4 Å². The number of carbonyl (C=O) groups is 1. The van der Waals surface area contributed by atoms with E-state index in [1.165, 1.54) is 6.07 Å². The van der Waals surface area contributed by atoms with E-state index in [4.69, 9.17) is 4.74 Å². The number of nitriles is 2. The first kappa shape index (κ1) is 19.1. The van der Waals surface area contributed by atoms with Crippen molar-refractivity contribution in [3.8, 4) is 17.9 Å². The van der Waals surface area contributed by atoms with Crippen LogP contribution in [0.3, 0.4) is 0 Å². The fourth-order valence-electron chi connectivity index (χ4n) is 4.18. The quantitative estimate of drug-likeness (QED) is 0.156. The highest BCUT2D eigenvalue weighted by atomic mass is 16.6. The maximum atomic E-state index is 12.6. The highest BCUT2D eigenvalue weighted by Crippen LogP contribution is 2.48. The first-order valence-electron chi connectivity index (χ1n) is 9.54. The van der Waals surface area contributed by atoms with Crippen LogP contribution < -0.4 is 4.74 Å². The van der Waals surface area contributed by atoms with Gasteiger partial charge >= 0.3 is 5.97 Å². The van der Waals surface area contributed by atoms with Gasteiger partial charge in [-0.2, -0.15) is 10.5 Å². The van der Waals surface area contributed by atoms with E-state index in [-0.39, 0.29) is 34.8 Å². The van der Waals surface area contributed by atoms with Crippen LogP contribution in [0.2, 0.25) is 0 Å². The van der Waals surface area contributed by atoms with Gasteiger partial charge in [-0.25, -0.2) is 9.97 Å². The van der Waals surface area contributed by atoms with Crippen LogP contribution in [0.5, 0.6) is 5.75 Å². The minimum absolute atomic E-state index is 0.125. The van der Waals surface area contributed by atoms with Gasteiger partial charge in [-0.3, -0.25) is 14.9 Å². The van der Waals surface area contributed by atoms with E-state index in [0.29, 0.717) is 27.4 Å². The summed E-state index contributed by atoms with van der Waals surface area (Å²) in [6.45, 7) is 0. The summed E-state index contributed by atoms with van der Waals surface area (Å²) in [7, 11) is 0. The van der Waals surface area contributed by atoms with Crippen LogP contribution in [-0.2, 0) is 4.79 Å². The van der Waals surface area contributed by atoms with E-state index in [9.17, 15) is 25.4 Å². The second-order valence-corrected chi connectivity index (χ2v) is 7.18. The van der Waals surface area contributed by atoms with Crippen LogP contribution in [-0.4, -0.2) is 20.9 Å². The predicted octanol–water partition coefficient (Wildman–Crippen LogP) is 3.88. The Kier molecular flexibility index (Phi) is 4.24. The second-order valence-electron chi connectivity index (χ2n) is 7.18. The number of hydrogen-bond acceptors (Lipinski definition) is 8. The molecule has 0 saturated heterocycles. The van der Waals surface area contributed by atoms with Crippen molar-refractivity contribution in [2.45, 2.75) is 12.3 Å². The maximum Gasteiger partial charge on any atom is 0.312 e. The third-order valence-corrected chi connectivity index (χ3v) is 5.48. The number of benzene rings is 3. The molecule has 5 rings (SSSR count). The number of nitrogens with zero attached hydrogens (tertiary/aromatic N) is 5. The molecule has 0 aliphatic carbocycles. The van der Waals surface area contributed by atoms with Gasteiger partial charge in [0.05, 0.1) is 22.4 Å². The lowest BCUT2D eigenvalue weighted by Gasteiger charge is -2.27. The van der Waals surface area contributed by atoms with Gasteiger partial charge in [-0.15, -0.1) is 0 Å². The average Bonchev–Trinajstić information content (AvgIpc) is 2.82. The third-order valence-electron chi connectivity index (χ3n) is 5.48. The number of carbonyl (C=O) groups excluding carboxylic acids is 1. The van der Waals surface area contributed by atoms with Crippen molar-refractivity contribution in [3.05, 3.63) is 81.2 Å². The highest BCUT2D eigenvalue weighted by molar-refractivity contribution is 6.11. The Morgan fingerprint density at radius 3 is 2.28 bits per heavy atom. The third kappa shape index (κ3) is 2.73. The number of nitro benzene ring substituents is 1. The number of para-hydroxylation sites is 1. The molecule has 0 amide bonds. The van der Waals surface area contributed by atoms with Gasteiger partial charge < -0.3 is 4.74 Å². The van der Waals surface area contributed by atoms with E-state index in [1.807, 2.05) is 12.1 Å². The summed E-state index contributed by atoms with van der Waals surface area (Å²) < 4.78 is 5.61. The van der Waals surface area contributed by atoms with Gasteiger partial charge in [0.25, 0.3) is 5.69 Å². The standard InChI is InChI=1S/C23H11N5O4/c24-10-16-17(11-25)27-22-20-15(12-5-3-4-8-18(12)28(30)31)9-19(29)32-23(20)14-7-2-1-6-13(14)21(22)26-16/h1-8,15H,9H2. The van der Waals surface area contributed by atoms with Crippen molar-refractivity contribution in [2.75, 3.05) is 0 Å². The van der Waals surface area contributed by atoms with Gasteiger partial charge in [-0.05, 0) is 0 Å². The van der Waals surface area contributed by atoms with Crippen LogP contribution in [0.4, 0.5) is 5.69 Å². The van der Waals surface area contributed by atoms with E-state index >= 15 is 0 Å². The molecule has 9 nitrogen and oxygen atoms in total. The number of nitro groups is 1. The lowest BCUT2D eigenvalue weighted by Crippen LogP contribution is -2.23. The Labute approximate surface area is 180 Å². The summed E-state index contributed by atoms with van der Waals surface area (Å²) in [5.74, 6) is -1.05. The summed E-state index contributed by atoms with van der Waals surface area (Å²) >= 11 is 0. The molecule has 1 aromatic heterocycles. The van der Waals surface area contributed by atoms with Crippen LogP contribution in [0.1, 0.15) is 34.9 Å². The maximum absolute atomic E-state index is 12.6. The Hall–Kier alpha value is -4.89. The SMILES string of the molecule is N#Cc1nc2c3c(c4ccccc4c2nc1C#N)OC(=O)CC3c1ccccc1[N+](=O)[O-]. The molecule has 0 radical (unpaired) electrons.